The Morgan fingerprint density at radius 1 is 1.18 bits per heavy atom. The molecule has 0 unspecified atom stereocenters. The van der Waals surface area contributed by atoms with Crippen molar-refractivity contribution in [2.75, 3.05) is 24.5 Å². The molecule has 0 radical (unpaired) electrons. The zero-order valence-corrected chi connectivity index (χ0v) is 16.9. The standard InChI is InChI=1S/C22H24ClN3O2/c1-3-26-19-8-7-15(2)13-18(19)20(27)24-22(26)9-11-25(12-10-22)21(28)16-5-4-6-17(23)14-16/h4-8,13-14H,3,9-12H2,1-2H3,(H,24,27). The maximum absolute atomic E-state index is 12.8. The zero-order valence-electron chi connectivity index (χ0n) is 16.2. The van der Waals surface area contributed by atoms with Crippen LogP contribution in [-0.2, 0) is 0 Å². The first-order chi connectivity index (χ1) is 13.4. The number of hydrogen-bond donors (Lipinski definition) is 1. The van der Waals surface area contributed by atoms with Gasteiger partial charge in [0.15, 0.2) is 0 Å². The van der Waals surface area contributed by atoms with E-state index in [1.54, 1.807) is 24.3 Å². The number of hydrogen-bond acceptors (Lipinski definition) is 3. The van der Waals surface area contributed by atoms with E-state index in [9.17, 15) is 9.59 Å². The van der Waals surface area contributed by atoms with E-state index < -0.39 is 5.66 Å². The highest BCUT2D eigenvalue weighted by Gasteiger charge is 2.45. The molecule has 0 aliphatic carbocycles. The number of anilines is 1. The lowest BCUT2D eigenvalue weighted by Gasteiger charge is -2.52. The summed E-state index contributed by atoms with van der Waals surface area (Å²) in [5.41, 5.74) is 2.93. The minimum atomic E-state index is -0.445. The monoisotopic (exact) mass is 397 g/mol. The van der Waals surface area contributed by atoms with Crippen LogP contribution in [0.5, 0.6) is 0 Å². The highest BCUT2D eigenvalue weighted by Crippen LogP contribution is 2.37. The van der Waals surface area contributed by atoms with Crippen molar-refractivity contribution in [1.29, 1.82) is 0 Å². The molecular formula is C22H24ClN3O2. The second-order valence-electron chi connectivity index (χ2n) is 7.55. The number of rotatable bonds is 2. The lowest BCUT2D eigenvalue weighted by Crippen LogP contribution is -2.68. The van der Waals surface area contributed by atoms with E-state index in [-0.39, 0.29) is 11.8 Å². The Balaban J connectivity index is 1.57. The molecule has 2 aromatic rings. The molecule has 2 aromatic carbocycles. The maximum atomic E-state index is 12.8. The van der Waals surface area contributed by atoms with Crippen LogP contribution in [0, 0.1) is 6.92 Å². The number of likely N-dealkylation sites (tertiary alicyclic amines) is 1. The van der Waals surface area contributed by atoms with E-state index in [2.05, 4.69) is 17.1 Å². The number of carbonyl (C=O) groups is 2. The predicted octanol–water partition coefficient (Wildman–Crippen LogP) is 3.85. The van der Waals surface area contributed by atoms with Gasteiger partial charge in [-0.3, -0.25) is 9.59 Å². The largest absolute Gasteiger partial charge is 0.348 e. The lowest BCUT2D eigenvalue weighted by molar-refractivity contribution is 0.0603. The number of piperidine rings is 1. The molecule has 2 aliphatic rings. The van der Waals surface area contributed by atoms with Gasteiger partial charge < -0.3 is 15.1 Å². The zero-order chi connectivity index (χ0) is 19.9. The van der Waals surface area contributed by atoms with Crippen LogP contribution in [-0.4, -0.2) is 42.0 Å². The van der Waals surface area contributed by atoms with E-state index in [0.717, 1.165) is 23.4 Å². The summed E-state index contributed by atoms with van der Waals surface area (Å²) in [6.07, 6.45) is 1.37. The first-order valence-corrected chi connectivity index (χ1v) is 10.1. The Hall–Kier alpha value is -2.53. The van der Waals surface area contributed by atoms with Crippen LogP contribution in [0.1, 0.15) is 46.0 Å². The van der Waals surface area contributed by atoms with Crippen molar-refractivity contribution >= 4 is 29.1 Å². The van der Waals surface area contributed by atoms with Gasteiger partial charge in [0.25, 0.3) is 11.8 Å². The van der Waals surface area contributed by atoms with Crippen molar-refractivity contribution in [2.24, 2.45) is 0 Å². The fraction of sp³-hybridized carbons (Fsp3) is 0.364. The Labute approximate surface area is 170 Å². The van der Waals surface area contributed by atoms with Gasteiger partial charge in [0.2, 0.25) is 0 Å². The first kappa shape index (κ1) is 18.8. The van der Waals surface area contributed by atoms with E-state index >= 15 is 0 Å². The van der Waals surface area contributed by atoms with Gasteiger partial charge in [-0.2, -0.15) is 0 Å². The van der Waals surface area contributed by atoms with E-state index in [1.807, 2.05) is 30.0 Å². The van der Waals surface area contributed by atoms with Crippen LogP contribution in [0.4, 0.5) is 5.69 Å². The number of halogens is 1. The molecule has 2 aliphatic heterocycles. The fourth-order valence-corrected chi connectivity index (χ4v) is 4.59. The molecular weight excluding hydrogens is 374 g/mol. The summed E-state index contributed by atoms with van der Waals surface area (Å²) in [7, 11) is 0. The van der Waals surface area contributed by atoms with Crippen LogP contribution >= 0.6 is 11.6 Å². The Morgan fingerprint density at radius 2 is 1.93 bits per heavy atom. The number of carbonyl (C=O) groups excluding carboxylic acids is 2. The number of nitrogens with one attached hydrogen (secondary N) is 1. The topological polar surface area (TPSA) is 52.7 Å². The SMILES string of the molecule is CCN1c2ccc(C)cc2C(=O)NC12CCN(C(=O)c1cccc(Cl)c1)CC2. The fourth-order valence-electron chi connectivity index (χ4n) is 4.40. The summed E-state index contributed by atoms with van der Waals surface area (Å²) >= 11 is 6.03. The second kappa shape index (κ2) is 7.13. The van der Waals surface area contributed by atoms with Gasteiger partial charge >= 0.3 is 0 Å². The van der Waals surface area contributed by atoms with Crippen molar-refractivity contribution in [2.45, 2.75) is 32.4 Å². The van der Waals surface area contributed by atoms with Crippen molar-refractivity contribution < 1.29 is 9.59 Å². The minimum Gasteiger partial charge on any atom is -0.348 e. The van der Waals surface area contributed by atoms with Gasteiger partial charge in [-0.1, -0.05) is 29.3 Å². The molecule has 1 saturated heterocycles. The van der Waals surface area contributed by atoms with Crippen LogP contribution in [0.3, 0.4) is 0 Å². The number of fused-ring (bicyclic) bond motifs is 1. The molecule has 6 heteroatoms. The van der Waals surface area contributed by atoms with Crippen LogP contribution < -0.4 is 10.2 Å². The lowest BCUT2D eigenvalue weighted by atomic mass is 9.89. The Morgan fingerprint density at radius 3 is 2.61 bits per heavy atom. The number of nitrogens with zero attached hydrogens (tertiary/aromatic N) is 2. The quantitative estimate of drug-likeness (QED) is 0.837. The number of benzene rings is 2. The molecule has 146 valence electrons. The van der Waals surface area contributed by atoms with Gasteiger partial charge in [-0.15, -0.1) is 0 Å². The van der Waals surface area contributed by atoms with Gasteiger partial charge in [-0.25, -0.2) is 0 Å². The molecule has 1 spiro atoms. The Kier molecular flexibility index (Phi) is 4.79. The van der Waals surface area contributed by atoms with E-state index in [0.29, 0.717) is 36.5 Å². The third-order valence-electron chi connectivity index (χ3n) is 5.82. The highest BCUT2D eigenvalue weighted by molar-refractivity contribution is 6.30. The van der Waals surface area contributed by atoms with Gasteiger partial charge in [-0.05, 0) is 44.2 Å². The molecule has 5 nitrogen and oxygen atoms in total. The molecule has 0 saturated carbocycles. The van der Waals surface area contributed by atoms with Crippen LogP contribution in [0.15, 0.2) is 42.5 Å². The summed E-state index contributed by atoms with van der Waals surface area (Å²) in [4.78, 5) is 29.8. The van der Waals surface area contributed by atoms with Gasteiger partial charge in [0, 0.05) is 43.1 Å². The van der Waals surface area contributed by atoms with Crippen LogP contribution in [0.2, 0.25) is 5.02 Å². The van der Waals surface area contributed by atoms with Crippen molar-refractivity contribution in [3.8, 4) is 0 Å². The smallest absolute Gasteiger partial charge is 0.255 e. The van der Waals surface area contributed by atoms with Crippen LogP contribution in [0.25, 0.3) is 0 Å². The molecule has 0 aromatic heterocycles. The average Bonchev–Trinajstić information content (AvgIpc) is 2.69. The summed E-state index contributed by atoms with van der Waals surface area (Å²) in [5, 5.41) is 3.81. The van der Waals surface area contributed by atoms with Gasteiger partial charge in [0.1, 0.15) is 5.66 Å². The van der Waals surface area contributed by atoms with Crippen molar-refractivity contribution in [1.82, 2.24) is 10.2 Å². The summed E-state index contributed by atoms with van der Waals surface area (Å²) in [6, 6.07) is 13.1. The summed E-state index contributed by atoms with van der Waals surface area (Å²) in [5.74, 6) is -0.0448. The maximum Gasteiger partial charge on any atom is 0.255 e. The van der Waals surface area contributed by atoms with E-state index in [1.165, 1.54) is 0 Å². The molecule has 2 amide bonds. The minimum absolute atomic E-state index is 0.0152. The highest BCUT2D eigenvalue weighted by atomic mass is 35.5. The molecule has 2 heterocycles. The molecule has 1 fully saturated rings. The molecule has 4 rings (SSSR count). The average molecular weight is 398 g/mol. The first-order valence-electron chi connectivity index (χ1n) is 9.69. The summed E-state index contributed by atoms with van der Waals surface area (Å²) in [6.45, 7) is 6.06. The molecule has 0 atom stereocenters. The number of aryl methyl sites for hydroxylation is 1. The Bertz CT molecular complexity index is 935. The van der Waals surface area contributed by atoms with E-state index in [4.69, 9.17) is 11.6 Å². The molecule has 0 bridgehead atoms. The predicted molar refractivity (Wildman–Crippen MR) is 111 cm³/mol. The summed E-state index contributed by atoms with van der Waals surface area (Å²) < 4.78 is 0. The number of amides is 2. The van der Waals surface area contributed by atoms with Crippen molar-refractivity contribution in [3.05, 3.63) is 64.2 Å². The third-order valence-corrected chi connectivity index (χ3v) is 6.05. The molecule has 28 heavy (non-hydrogen) atoms. The van der Waals surface area contributed by atoms with Gasteiger partial charge in [0.05, 0.1) is 11.3 Å². The van der Waals surface area contributed by atoms with Crippen molar-refractivity contribution in [3.63, 3.8) is 0 Å². The second-order valence-corrected chi connectivity index (χ2v) is 7.99. The molecule has 1 N–H and O–H groups in total. The normalized spacial score (nSPS) is 18.0. The third kappa shape index (κ3) is 3.14.